The molecule has 1 heterocycles. The van der Waals surface area contributed by atoms with Crippen molar-refractivity contribution in [2.45, 2.75) is 12.3 Å². The molecule has 0 spiro atoms. The molecule has 3 atom stereocenters. The zero-order valence-electron chi connectivity index (χ0n) is 12.5. The summed E-state index contributed by atoms with van der Waals surface area (Å²) in [7, 11) is 0. The van der Waals surface area contributed by atoms with Gasteiger partial charge in [-0.05, 0) is 35.6 Å². The fourth-order valence-electron chi connectivity index (χ4n) is 4.39. The predicted molar refractivity (Wildman–Crippen MR) is 86.4 cm³/mol. The highest BCUT2D eigenvalue weighted by Gasteiger charge is 2.54. The van der Waals surface area contributed by atoms with Crippen LogP contribution in [-0.4, -0.2) is 19.0 Å². The van der Waals surface area contributed by atoms with E-state index in [0.29, 0.717) is 6.54 Å². The van der Waals surface area contributed by atoms with Crippen molar-refractivity contribution in [3.63, 3.8) is 0 Å². The summed E-state index contributed by atoms with van der Waals surface area (Å²) in [6.07, 6.45) is 0.750. The number of carbonyl (C=O) groups is 1. The van der Waals surface area contributed by atoms with Gasteiger partial charge in [-0.25, -0.2) is 0 Å². The van der Waals surface area contributed by atoms with Crippen LogP contribution in [0.2, 0.25) is 0 Å². The van der Waals surface area contributed by atoms with Crippen molar-refractivity contribution in [2.75, 3.05) is 13.1 Å². The van der Waals surface area contributed by atoms with Crippen LogP contribution < -0.4 is 11.1 Å². The third-order valence-corrected chi connectivity index (χ3v) is 5.46. The van der Waals surface area contributed by atoms with Crippen molar-refractivity contribution in [3.05, 3.63) is 71.3 Å². The van der Waals surface area contributed by atoms with E-state index in [4.69, 9.17) is 5.73 Å². The quantitative estimate of drug-likeness (QED) is 0.890. The second kappa shape index (κ2) is 4.96. The molecular formula is C19H20N2O. The lowest BCUT2D eigenvalue weighted by molar-refractivity contribution is -0.129. The first kappa shape index (κ1) is 13.5. The van der Waals surface area contributed by atoms with Gasteiger partial charge >= 0.3 is 0 Å². The fraction of sp³-hybridized carbons (Fsp3) is 0.316. The smallest absolute Gasteiger partial charge is 0.225 e. The summed E-state index contributed by atoms with van der Waals surface area (Å²) in [6, 6.07) is 19.0. The lowest BCUT2D eigenvalue weighted by Gasteiger charge is -2.42. The molecule has 3 heteroatoms. The third kappa shape index (κ3) is 1.82. The van der Waals surface area contributed by atoms with Crippen LogP contribution in [0, 0.1) is 11.3 Å². The Morgan fingerprint density at radius 1 is 1.09 bits per heavy atom. The van der Waals surface area contributed by atoms with Gasteiger partial charge in [0.25, 0.3) is 0 Å². The van der Waals surface area contributed by atoms with E-state index < -0.39 is 5.41 Å². The van der Waals surface area contributed by atoms with Crippen molar-refractivity contribution < 1.29 is 4.79 Å². The number of primary amides is 1. The summed E-state index contributed by atoms with van der Waals surface area (Å²) in [5.74, 6) is 0.286. The van der Waals surface area contributed by atoms with Crippen molar-refractivity contribution >= 4 is 5.91 Å². The van der Waals surface area contributed by atoms with Crippen LogP contribution in [0.3, 0.4) is 0 Å². The number of amides is 1. The van der Waals surface area contributed by atoms with Crippen molar-refractivity contribution in [2.24, 2.45) is 17.1 Å². The Balaban J connectivity index is 1.93. The molecule has 2 aliphatic rings. The van der Waals surface area contributed by atoms with Gasteiger partial charge in [0.05, 0.1) is 5.41 Å². The summed E-state index contributed by atoms with van der Waals surface area (Å²) in [5.41, 5.74) is 9.28. The number of nitrogens with one attached hydrogen (secondary N) is 1. The van der Waals surface area contributed by atoms with Gasteiger partial charge in [0.15, 0.2) is 0 Å². The van der Waals surface area contributed by atoms with Gasteiger partial charge in [-0.2, -0.15) is 0 Å². The summed E-state index contributed by atoms with van der Waals surface area (Å²) in [5, 5.41) is 3.42. The minimum absolute atomic E-state index is 0.169. The molecule has 0 aromatic heterocycles. The molecule has 0 bridgehead atoms. The number of nitrogens with two attached hydrogens (primary N) is 1. The first-order valence-electron chi connectivity index (χ1n) is 7.86. The molecule has 1 aliphatic carbocycles. The minimum Gasteiger partial charge on any atom is -0.369 e. The van der Waals surface area contributed by atoms with Crippen LogP contribution in [0.1, 0.15) is 22.6 Å². The molecule has 0 saturated carbocycles. The van der Waals surface area contributed by atoms with Crippen molar-refractivity contribution in [1.82, 2.24) is 5.32 Å². The summed E-state index contributed by atoms with van der Waals surface area (Å²) in [6.45, 7) is 1.53. The molecule has 0 radical (unpaired) electrons. The normalized spacial score (nSPS) is 29.6. The van der Waals surface area contributed by atoms with E-state index in [-0.39, 0.29) is 17.7 Å². The highest BCUT2D eigenvalue weighted by atomic mass is 16.1. The van der Waals surface area contributed by atoms with Crippen LogP contribution in [0.25, 0.3) is 0 Å². The predicted octanol–water partition coefficient (Wildman–Crippen LogP) is 2.07. The molecule has 3 unspecified atom stereocenters. The maximum Gasteiger partial charge on any atom is 0.225 e. The number of fused-ring (bicyclic) bond motifs is 2. The van der Waals surface area contributed by atoms with E-state index in [0.717, 1.165) is 13.0 Å². The van der Waals surface area contributed by atoms with Crippen LogP contribution in [0.5, 0.6) is 0 Å². The topological polar surface area (TPSA) is 55.1 Å². The van der Waals surface area contributed by atoms with Crippen LogP contribution >= 0.6 is 0 Å². The Labute approximate surface area is 130 Å². The highest BCUT2D eigenvalue weighted by Crippen LogP contribution is 2.51. The lowest BCUT2D eigenvalue weighted by atomic mass is 9.59. The Bertz CT molecular complexity index is 712. The van der Waals surface area contributed by atoms with Gasteiger partial charge in [-0.15, -0.1) is 0 Å². The first-order chi connectivity index (χ1) is 10.7. The summed E-state index contributed by atoms with van der Waals surface area (Å²) in [4.78, 5) is 12.3. The van der Waals surface area contributed by atoms with Crippen LogP contribution in [-0.2, 0) is 11.2 Å². The van der Waals surface area contributed by atoms with E-state index in [2.05, 4.69) is 53.8 Å². The van der Waals surface area contributed by atoms with Gasteiger partial charge in [0, 0.05) is 12.5 Å². The zero-order valence-corrected chi connectivity index (χ0v) is 12.5. The van der Waals surface area contributed by atoms with Gasteiger partial charge in [-0.1, -0.05) is 54.6 Å². The van der Waals surface area contributed by atoms with Crippen LogP contribution in [0.4, 0.5) is 0 Å². The molecule has 2 aromatic rings. The molecular weight excluding hydrogens is 272 g/mol. The standard InChI is InChI=1S/C19H20N2O/c20-18(22)19-10-14-8-4-5-9-15(14)17(16(19)11-21-12-19)13-6-2-1-3-7-13/h1-9,16-17,21H,10-12H2,(H2,20,22). The average molecular weight is 292 g/mol. The molecule has 1 saturated heterocycles. The van der Waals surface area contributed by atoms with Crippen molar-refractivity contribution in [1.29, 1.82) is 0 Å². The Kier molecular flexibility index (Phi) is 3.05. The number of rotatable bonds is 2. The molecule has 22 heavy (non-hydrogen) atoms. The van der Waals surface area contributed by atoms with Crippen molar-refractivity contribution in [3.8, 4) is 0 Å². The largest absolute Gasteiger partial charge is 0.369 e. The second-order valence-electron chi connectivity index (χ2n) is 6.52. The molecule has 1 fully saturated rings. The zero-order chi connectivity index (χ0) is 15.2. The van der Waals surface area contributed by atoms with E-state index in [1.54, 1.807) is 0 Å². The third-order valence-electron chi connectivity index (χ3n) is 5.46. The van der Waals surface area contributed by atoms with Gasteiger partial charge in [0.1, 0.15) is 0 Å². The summed E-state index contributed by atoms with van der Waals surface area (Å²) < 4.78 is 0. The Morgan fingerprint density at radius 2 is 1.82 bits per heavy atom. The van der Waals surface area contributed by atoms with Gasteiger partial charge < -0.3 is 11.1 Å². The van der Waals surface area contributed by atoms with Crippen LogP contribution in [0.15, 0.2) is 54.6 Å². The number of hydrogen-bond acceptors (Lipinski definition) is 2. The summed E-state index contributed by atoms with van der Waals surface area (Å²) >= 11 is 0. The minimum atomic E-state index is -0.463. The molecule has 1 amide bonds. The molecule has 4 rings (SSSR count). The lowest BCUT2D eigenvalue weighted by Crippen LogP contribution is -2.49. The number of benzene rings is 2. The molecule has 1 aliphatic heterocycles. The van der Waals surface area contributed by atoms with E-state index in [9.17, 15) is 4.79 Å². The molecule has 112 valence electrons. The van der Waals surface area contributed by atoms with E-state index >= 15 is 0 Å². The average Bonchev–Trinajstić information content (AvgIpc) is 2.98. The Hall–Kier alpha value is -2.13. The SMILES string of the molecule is NC(=O)C12CNCC1C(c1ccccc1)c1ccccc1C2. The van der Waals surface area contributed by atoms with Gasteiger partial charge in [0.2, 0.25) is 5.91 Å². The highest BCUT2D eigenvalue weighted by molar-refractivity contribution is 5.83. The maximum absolute atomic E-state index is 12.3. The monoisotopic (exact) mass is 292 g/mol. The number of hydrogen-bond donors (Lipinski definition) is 2. The fourth-order valence-corrected chi connectivity index (χ4v) is 4.39. The molecule has 2 aromatic carbocycles. The van der Waals surface area contributed by atoms with Gasteiger partial charge in [-0.3, -0.25) is 4.79 Å². The molecule has 3 nitrogen and oxygen atoms in total. The van der Waals surface area contributed by atoms with E-state index in [1.807, 2.05) is 6.07 Å². The maximum atomic E-state index is 12.3. The second-order valence-corrected chi connectivity index (χ2v) is 6.52. The number of carbonyl (C=O) groups excluding carboxylic acids is 1. The first-order valence-corrected chi connectivity index (χ1v) is 7.86. The molecule has 3 N–H and O–H groups in total. The van der Waals surface area contributed by atoms with E-state index in [1.165, 1.54) is 16.7 Å². The Morgan fingerprint density at radius 3 is 2.59 bits per heavy atom.